The highest BCUT2D eigenvalue weighted by atomic mass is 19.4. The summed E-state index contributed by atoms with van der Waals surface area (Å²) in [6.07, 6.45) is -4.73. The smallest absolute Gasteiger partial charge is 0.416 e. The number of nitrogens with one attached hydrogen (secondary N) is 1. The Balaban J connectivity index is 1.87. The number of rotatable bonds is 4. The third-order valence-corrected chi connectivity index (χ3v) is 5.06. The Hall–Kier alpha value is -4.09. The molecule has 4 rings (SSSR count). The average Bonchev–Trinajstić information content (AvgIpc) is 3.22. The molecule has 0 aliphatic rings. The highest BCUT2D eigenvalue weighted by molar-refractivity contribution is 6.03. The number of benzene rings is 2. The van der Waals surface area contributed by atoms with Gasteiger partial charge in [0.1, 0.15) is 5.82 Å². The first-order valence-electron chi connectivity index (χ1n) is 9.79. The summed E-state index contributed by atoms with van der Waals surface area (Å²) in [7, 11) is 1.51. The highest BCUT2D eigenvalue weighted by Gasteiger charge is 2.33. The quantitative estimate of drug-likeness (QED) is 0.471. The van der Waals surface area contributed by atoms with Gasteiger partial charge in [0.2, 0.25) is 0 Å². The van der Waals surface area contributed by atoms with Gasteiger partial charge in [-0.05, 0) is 50.2 Å². The first-order valence-corrected chi connectivity index (χ1v) is 9.79. The lowest BCUT2D eigenvalue weighted by molar-refractivity contribution is -0.137. The summed E-state index contributed by atoms with van der Waals surface area (Å²) in [5.41, 5.74) is -2.03. The second kappa shape index (κ2) is 7.80. The lowest BCUT2D eigenvalue weighted by Crippen LogP contribution is -2.22. The summed E-state index contributed by atoms with van der Waals surface area (Å²) in [6, 6.07) is 7.54. The Bertz CT molecular complexity index is 1490. The van der Waals surface area contributed by atoms with Crippen LogP contribution in [0.25, 0.3) is 22.3 Å². The SMILES string of the molecule is CCOC(=O)c1cc(C(F)(F)F)cc2[nH]n(-c3ccc(-n4c(C)nn(C)c4=O)cc3)c(=O)c12. The van der Waals surface area contributed by atoms with Crippen LogP contribution in [0, 0.1) is 6.92 Å². The number of carbonyl (C=O) groups excluding carboxylic acids is 1. The number of aryl methyl sites for hydroxylation is 2. The number of nitrogens with zero attached hydrogens (tertiary/aromatic N) is 4. The molecule has 0 spiro atoms. The van der Waals surface area contributed by atoms with Crippen LogP contribution in [0.5, 0.6) is 0 Å². The molecule has 0 saturated heterocycles. The van der Waals surface area contributed by atoms with Crippen molar-refractivity contribution < 1.29 is 22.7 Å². The van der Waals surface area contributed by atoms with Crippen molar-refractivity contribution in [1.29, 1.82) is 0 Å². The highest BCUT2D eigenvalue weighted by Crippen LogP contribution is 2.32. The lowest BCUT2D eigenvalue weighted by atomic mass is 10.1. The van der Waals surface area contributed by atoms with Gasteiger partial charge in [0.15, 0.2) is 0 Å². The molecule has 0 atom stereocenters. The van der Waals surface area contributed by atoms with E-state index in [0.717, 1.165) is 10.7 Å². The van der Waals surface area contributed by atoms with Gasteiger partial charge in [-0.3, -0.25) is 9.89 Å². The first kappa shape index (κ1) is 22.1. The number of fused-ring (bicyclic) bond motifs is 1. The third kappa shape index (κ3) is 3.73. The van der Waals surface area contributed by atoms with Crippen LogP contribution in [-0.2, 0) is 18.0 Å². The first-order chi connectivity index (χ1) is 15.5. The molecule has 0 aliphatic heterocycles. The van der Waals surface area contributed by atoms with Crippen LogP contribution >= 0.6 is 0 Å². The number of esters is 1. The van der Waals surface area contributed by atoms with E-state index < -0.39 is 28.8 Å². The van der Waals surface area contributed by atoms with Gasteiger partial charge in [0.25, 0.3) is 5.56 Å². The molecule has 12 heteroatoms. The summed E-state index contributed by atoms with van der Waals surface area (Å²) >= 11 is 0. The van der Waals surface area contributed by atoms with E-state index in [1.54, 1.807) is 19.1 Å². The van der Waals surface area contributed by atoms with Gasteiger partial charge >= 0.3 is 17.8 Å². The summed E-state index contributed by atoms with van der Waals surface area (Å²) < 4.78 is 48.5. The fourth-order valence-electron chi connectivity index (χ4n) is 3.59. The molecule has 0 amide bonds. The van der Waals surface area contributed by atoms with Gasteiger partial charge in [-0.25, -0.2) is 23.5 Å². The Morgan fingerprint density at radius 2 is 1.76 bits per heavy atom. The average molecular weight is 461 g/mol. The van der Waals surface area contributed by atoms with E-state index in [4.69, 9.17) is 4.74 Å². The molecule has 0 radical (unpaired) electrons. The van der Waals surface area contributed by atoms with Gasteiger partial charge in [-0.1, -0.05) is 0 Å². The summed E-state index contributed by atoms with van der Waals surface area (Å²) in [4.78, 5) is 37.6. The van der Waals surface area contributed by atoms with Gasteiger partial charge < -0.3 is 4.74 Å². The van der Waals surface area contributed by atoms with Crippen LogP contribution in [0.1, 0.15) is 28.7 Å². The second-order valence-corrected chi connectivity index (χ2v) is 7.22. The molecule has 2 heterocycles. The van der Waals surface area contributed by atoms with E-state index in [1.807, 2.05) is 0 Å². The van der Waals surface area contributed by atoms with E-state index in [-0.39, 0.29) is 28.9 Å². The van der Waals surface area contributed by atoms with E-state index in [0.29, 0.717) is 17.6 Å². The maximum atomic E-state index is 13.4. The van der Waals surface area contributed by atoms with E-state index in [1.165, 1.54) is 35.4 Å². The van der Waals surface area contributed by atoms with Crippen molar-refractivity contribution in [1.82, 2.24) is 24.1 Å². The summed E-state index contributed by atoms with van der Waals surface area (Å²) in [5, 5.41) is 6.46. The minimum absolute atomic E-state index is 0.0657. The molecular weight excluding hydrogens is 443 g/mol. The van der Waals surface area contributed by atoms with Crippen LogP contribution in [0.15, 0.2) is 46.0 Å². The Kier molecular flexibility index (Phi) is 5.23. The van der Waals surface area contributed by atoms with Crippen LogP contribution in [0.4, 0.5) is 13.2 Å². The molecule has 172 valence electrons. The Morgan fingerprint density at radius 3 is 2.30 bits per heavy atom. The fraction of sp³-hybridized carbons (Fsp3) is 0.238. The van der Waals surface area contributed by atoms with Gasteiger partial charge in [0.05, 0.1) is 40.0 Å². The van der Waals surface area contributed by atoms with Crippen LogP contribution < -0.4 is 11.2 Å². The number of aromatic nitrogens is 5. The van der Waals surface area contributed by atoms with E-state index in [2.05, 4.69) is 10.2 Å². The number of hydrogen-bond donors (Lipinski definition) is 1. The van der Waals surface area contributed by atoms with Gasteiger partial charge in [-0.2, -0.15) is 18.3 Å². The zero-order valence-electron chi connectivity index (χ0n) is 17.7. The van der Waals surface area contributed by atoms with Gasteiger partial charge in [0, 0.05) is 7.05 Å². The lowest BCUT2D eigenvalue weighted by Gasteiger charge is -2.09. The molecule has 33 heavy (non-hydrogen) atoms. The molecule has 9 nitrogen and oxygen atoms in total. The Labute approximate surface area is 183 Å². The number of carbonyl (C=O) groups is 1. The zero-order chi connectivity index (χ0) is 24.1. The van der Waals surface area contributed by atoms with Crippen molar-refractivity contribution in [3.63, 3.8) is 0 Å². The van der Waals surface area contributed by atoms with Crippen molar-refractivity contribution in [2.24, 2.45) is 7.05 Å². The molecule has 2 aromatic carbocycles. The fourth-order valence-corrected chi connectivity index (χ4v) is 3.59. The number of ether oxygens (including phenoxy) is 1. The maximum Gasteiger partial charge on any atom is 0.416 e. The number of alkyl halides is 3. The molecule has 0 fully saturated rings. The van der Waals surface area contributed by atoms with Crippen molar-refractivity contribution >= 4 is 16.9 Å². The third-order valence-electron chi connectivity index (χ3n) is 5.06. The minimum atomic E-state index is -4.73. The predicted molar refractivity (Wildman–Crippen MR) is 112 cm³/mol. The number of hydrogen-bond acceptors (Lipinski definition) is 5. The molecular formula is C21H18F3N5O4. The molecule has 0 saturated carbocycles. The molecule has 1 N–H and O–H groups in total. The molecule has 4 aromatic rings. The Morgan fingerprint density at radius 1 is 1.12 bits per heavy atom. The van der Waals surface area contributed by atoms with Crippen LogP contribution in [0.3, 0.4) is 0 Å². The minimum Gasteiger partial charge on any atom is -0.462 e. The van der Waals surface area contributed by atoms with Crippen LogP contribution in [-0.4, -0.2) is 36.7 Å². The zero-order valence-corrected chi connectivity index (χ0v) is 17.7. The summed E-state index contributed by atoms with van der Waals surface area (Å²) in [6.45, 7) is 3.10. The van der Waals surface area contributed by atoms with Gasteiger partial charge in [-0.15, -0.1) is 0 Å². The van der Waals surface area contributed by atoms with E-state index >= 15 is 0 Å². The standard InChI is InChI=1S/C21H18F3N5O4/c1-4-33-19(31)15-9-12(21(22,23)24)10-16-17(15)18(30)29(26-16)14-7-5-13(6-8-14)28-11(2)25-27(3)20(28)32/h5-10,26H,4H2,1-3H3. The van der Waals surface area contributed by atoms with E-state index in [9.17, 15) is 27.6 Å². The normalized spacial score (nSPS) is 11.8. The van der Waals surface area contributed by atoms with Crippen molar-refractivity contribution in [2.75, 3.05) is 6.61 Å². The largest absolute Gasteiger partial charge is 0.462 e. The number of aromatic amines is 1. The second-order valence-electron chi connectivity index (χ2n) is 7.22. The number of H-pyrrole nitrogens is 1. The van der Waals surface area contributed by atoms with Crippen LogP contribution in [0.2, 0.25) is 0 Å². The predicted octanol–water partition coefficient (Wildman–Crippen LogP) is 2.71. The maximum absolute atomic E-state index is 13.4. The molecule has 0 bridgehead atoms. The summed E-state index contributed by atoms with van der Waals surface area (Å²) in [5.74, 6) is -0.574. The molecule has 2 aromatic heterocycles. The topological polar surface area (TPSA) is 104 Å². The van der Waals surface area contributed by atoms with Crippen molar-refractivity contribution in [3.8, 4) is 11.4 Å². The van der Waals surface area contributed by atoms with Crippen molar-refractivity contribution in [2.45, 2.75) is 20.0 Å². The molecule has 0 aliphatic carbocycles. The monoisotopic (exact) mass is 461 g/mol. The molecule has 0 unspecified atom stereocenters. The number of halogens is 3. The van der Waals surface area contributed by atoms with Crippen molar-refractivity contribution in [3.05, 3.63) is 74.2 Å².